The average molecular weight is 228 g/mol. The topological polar surface area (TPSA) is 59.4 Å². The lowest BCUT2D eigenvalue weighted by atomic mass is 10.1. The molecule has 86 valence electrons. The van der Waals surface area contributed by atoms with Crippen molar-refractivity contribution in [3.8, 4) is 0 Å². The summed E-state index contributed by atoms with van der Waals surface area (Å²) < 4.78 is 0. The Bertz CT molecular complexity index is 487. The highest BCUT2D eigenvalue weighted by Crippen LogP contribution is 2.02. The highest BCUT2D eigenvalue weighted by Gasteiger charge is 2.19. The molecule has 0 amide bonds. The van der Waals surface area contributed by atoms with E-state index in [1.807, 2.05) is 6.92 Å². The van der Waals surface area contributed by atoms with Crippen molar-refractivity contribution in [2.45, 2.75) is 6.92 Å². The van der Waals surface area contributed by atoms with E-state index >= 15 is 0 Å². The lowest BCUT2D eigenvalue weighted by molar-refractivity contribution is -0.111. The minimum atomic E-state index is -0.746. The van der Waals surface area contributed by atoms with Crippen LogP contribution in [0.5, 0.6) is 0 Å². The van der Waals surface area contributed by atoms with Gasteiger partial charge in [-0.05, 0) is 25.1 Å². The number of allylic oxidation sites excluding steroid dienone is 3. The van der Waals surface area contributed by atoms with Gasteiger partial charge in [0.25, 0.3) is 11.6 Å². The maximum absolute atomic E-state index is 11.7. The van der Waals surface area contributed by atoms with E-state index in [1.54, 1.807) is 24.3 Å². The van der Waals surface area contributed by atoms with Crippen molar-refractivity contribution < 1.29 is 9.59 Å². The molecule has 1 aromatic heterocycles. The maximum Gasteiger partial charge on any atom is 0.253 e. The van der Waals surface area contributed by atoms with Crippen molar-refractivity contribution in [1.82, 2.24) is 4.98 Å². The zero-order valence-corrected chi connectivity index (χ0v) is 9.46. The fourth-order valence-electron chi connectivity index (χ4n) is 1.02. The van der Waals surface area contributed by atoms with E-state index in [0.29, 0.717) is 0 Å². The summed E-state index contributed by atoms with van der Waals surface area (Å²) in [5.74, 6) is -1.45. The number of carbonyl (C=O) groups is 2. The van der Waals surface area contributed by atoms with Gasteiger partial charge in [0.2, 0.25) is 0 Å². The fourth-order valence-corrected chi connectivity index (χ4v) is 1.02. The number of hydrogen-bond donors (Lipinski definition) is 0. The highest BCUT2D eigenvalue weighted by molar-refractivity contribution is 6.48. The van der Waals surface area contributed by atoms with Crippen LogP contribution in [0, 0.1) is 0 Å². The standard InChI is InChI=1S/C13H12N2O2/c1-3-4-8-14-10(2)12(16)13(17)11-7-5-6-9-15-11/h3-9H,2H2,1H3/b4-3-,14-8?. The van der Waals surface area contributed by atoms with Crippen LogP contribution in [0.2, 0.25) is 0 Å². The van der Waals surface area contributed by atoms with Gasteiger partial charge < -0.3 is 0 Å². The van der Waals surface area contributed by atoms with Gasteiger partial charge in [-0.3, -0.25) is 19.6 Å². The molecule has 0 atom stereocenters. The van der Waals surface area contributed by atoms with E-state index in [4.69, 9.17) is 0 Å². The minimum absolute atomic E-state index is 0.0971. The quantitative estimate of drug-likeness (QED) is 0.335. The fraction of sp³-hybridized carbons (Fsp3) is 0.0769. The molecule has 0 aliphatic rings. The Hall–Kier alpha value is -2.36. The van der Waals surface area contributed by atoms with E-state index in [2.05, 4.69) is 16.6 Å². The molecule has 0 saturated heterocycles. The van der Waals surface area contributed by atoms with Crippen LogP contribution in [0.3, 0.4) is 0 Å². The monoisotopic (exact) mass is 228 g/mol. The van der Waals surface area contributed by atoms with Crippen molar-refractivity contribution in [3.05, 3.63) is 54.5 Å². The molecule has 1 rings (SSSR count). The first kappa shape index (κ1) is 12.7. The Morgan fingerprint density at radius 2 is 2.18 bits per heavy atom. The average Bonchev–Trinajstić information content (AvgIpc) is 2.38. The van der Waals surface area contributed by atoms with Crippen LogP contribution in [-0.4, -0.2) is 22.8 Å². The molecule has 0 bridgehead atoms. The summed E-state index contributed by atoms with van der Waals surface area (Å²) in [7, 11) is 0. The molecule has 0 N–H and O–H groups in total. The first-order valence-electron chi connectivity index (χ1n) is 5.01. The molecule has 0 aromatic carbocycles. The molecule has 1 aromatic rings. The first-order chi connectivity index (χ1) is 8.16. The zero-order chi connectivity index (χ0) is 12.7. The van der Waals surface area contributed by atoms with Gasteiger partial charge in [0.05, 0.1) is 0 Å². The second-order valence-corrected chi connectivity index (χ2v) is 3.12. The third-order valence-electron chi connectivity index (χ3n) is 1.87. The molecule has 0 aliphatic carbocycles. The van der Waals surface area contributed by atoms with Gasteiger partial charge in [-0.2, -0.15) is 0 Å². The number of ketones is 2. The van der Waals surface area contributed by atoms with Gasteiger partial charge in [-0.1, -0.05) is 18.7 Å². The molecule has 0 spiro atoms. The smallest absolute Gasteiger partial charge is 0.253 e. The van der Waals surface area contributed by atoms with Crippen molar-refractivity contribution in [2.24, 2.45) is 4.99 Å². The Balaban J connectivity index is 2.78. The van der Waals surface area contributed by atoms with Crippen LogP contribution in [0.15, 0.2) is 53.8 Å². The van der Waals surface area contributed by atoms with Crippen LogP contribution in [0.4, 0.5) is 0 Å². The van der Waals surface area contributed by atoms with Gasteiger partial charge in [0, 0.05) is 12.4 Å². The maximum atomic E-state index is 11.7. The molecule has 4 nitrogen and oxygen atoms in total. The van der Waals surface area contributed by atoms with Gasteiger partial charge >= 0.3 is 0 Å². The SMILES string of the molecule is C=C(N=C/C=C\C)C(=O)C(=O)c1ccccn1. The van der Waals surface area contributed by atoms with E-state index < -0.39 is 11.6 Å². The normalized spacial score (nSPS) is 10.9. The second-order valence-electron chi connectivity index (χ2n) is 3.12. The Morgan fingerprint density at radius 1 is 1.41 bits per heavy atom. The molecular formula is C13H12N2O2. The third-order valence-corrected chi connectivity index (χ3v) is 1.87. The summed E-state index contributed by atoms with van der Waals surface area (Å²) in [4.78, 5) is 30.8. The molecule has 4 heteroatoms. The minimum Gasteiger partial charge on any atom is -0.283 e. The Labute approximate surface area is 99.4 Å². The summed E-state index contributed by atoms with van der Waals surface area (Å²) in [6.45, 7) is 5.26. The van der Waals surface area contributed by atoms with Gasteiger partial charge in [-0.25, -0.2) is 0 Å². The largest absolute Gasteiger partial charge is 0.283 e. The third kappa shape index (κ3) is 3.61. The molecular weight excluding hydrogens is 216 g/mol. The lowest BCUT2D eigenvalue weighted by Crippen LogP contribution is -2.16. The predicted molar refractivity (Wildman–Crippen MR) is 66.0 cm³/mol. The number of Topliss-reactive ketones (excluding diaryl/α,β-unsaturated/α-hetero) is 2. The van der Waals surface area contributed by atoms with Crippen LogP contribution >= 0.6 is 0 Å². The lowest BCUT2D eigenvalue weighted by Gasteiger charge is -1.97. The van der Waals surface area contributed by atoms with Crippen LogP contribution in [0.25, 0.3) is 0 Å². The number of carbonyl (C=O) groups excluding carboxylic acids is 2. The van der Waals surface area contributed by atoms with E-state index in [9.17, 15) is 9.59 Å². The Morgan fingerprint density at radius 3 is 2.76 bits per heavy atom. The number of pyridine rings is 1. The number of nitrogens with zero attached hydrogens (tertiary/aromatic N) is 2. The predicted octanol–water partition coefficient (Wildman–Crippen LogP) is 1.99. The second kappa shape index (κ2) is 6.27. The molecule has 0 saturated carbocycles. The van der Waals surface area contributed by atoms with Crippen molar-refractivity contribution in [3.63, 3.8) is 0 Å². The molecule has 0 unspecified atom stereocenters. The number of aromatic nitrogens is 1. The summed E-state index contributed by atoms with van der Waals surface area (Å²) in [6.07, 6.45) is 6.25. The molecule has 0 fully saturated rings. The molecule has 0 aliphatic heterocycles. The van der Waals surface area contributed by atoms with Gasteiger partial charge in [0.1, 0.15) is 11.4 Å². The summed E-state index contributed by atoms with van der Waals surface area (Å²) in [6, 6.07) is 4.78. The number of aliphatic imine (C=N–C) groups is 1. The molecule has 1 heterocycles. The highest BCUT2D eigenvalue weighted by atomic mass is 16.2. The van der Waals surface area contributed by atoms with Gasteiger partial charge in [-0.15, -0.1) is 0 Å². The van der Waals surface area contributed by atoms with Crippen LogP contribution < -0.4 is 0 Å². The van der Waals surface area contributed by atoms with E-state index in [-0.39, 0.29) is 11.4 Å². The number of rotatable bonds is 5. The van der Waals surface area contributed by atoms with Crippen molar-refractivity contribution >= 4 is 17.8 Å². The van der Waals surface area contributed by atoms with Crippen LogP contribution in [0.1, 0.15) is 17.4 Å². The van der Waals surface area contributed by atoms with E-state index in [1.165, 1.54) is 18.5 Å². The summed E-state index contributed by atoms with van der Waals surface area (Å²) in [5, 5.41) is 0. The summed E-state index contributed by atoms with van der Waals surface area (Å²) >= 11 is 0. The van der Waals surface area contributed by atoms with Crippen molar-refractivity contribution in [2.75, 3.05) is 0 Å². The molecule has 17 heavy (non-hydrogen) atoms. The van der Waals surface area contributed by atoms with Crippen molar-refractivity contribution in [1.29, 1.82) is 0 Å². The van der Waals surface area contributed by atoms with E-state index in [0.717, 1.165) is 0 Å². The van der Waals surface area contributed by atoms with Gasteiger partial charge in [0.15, 0.2) is 0 Å². The number of hydrogen-bond acceptors (Lipinski definition) is 4. The Kier molecular flexibility index (Phi) is 4.69. The first-order valence-corrected chi connectivity index (χ1v) is 5.01. The molecule has 0 radical (unpaired) electrons. The summed E-state index contributed by atoms with van der Waals surface area (Å²) in [5.41, 5.74) is -0.00126. The zero-order valence-electron chi connectivity index (χ0n) is 9.46. The van der Waals surface area contributed by atoms with Crippen LogP contribution in [-0.2, 0) is 4.79 Å².